The average molecular weight is 858 g/mol. The molecule has 0 aliphatic carbocycles. The average Bonchev–Trinajstić information content (AvgIpc) is 3.64. The van der Waals surface area contributed by atoms with E-state index in [1.165, 1.54) is 22.3 Å². The summed E-state index contributed by atoms with van der Waals surface area (Å²) in [7, 11) is 0. The summed E-state index contributed by atoms with van der Waals surface area (Å²) in [6.45, 7) is 31.8. The quantitative estimate of drug-likeness (QED) is 0.174. The molecule has 0 unspecified atom stereocenters. The third-order valence-electron chi connectivity index (χ3n) is 14.0. The molecule has 332 valence electrons. The molecule has 0 fully saturated rings. The fourth-order valence-corrected chi connectivity index (χ4v) is 8.63. The van der Waals surface area contributed by atoms with Gasteiger partial charge in [-0.2, -0.15) is 0 Å². The normalized spacial score (nSPS) is 12.8. The van der Waals surface area contributed by atoms with Gasteiger partial charge in [0.1, 0.15) is 11.6 Å². The predicted molar refractivity (Wildman–Crippen MR) is 276 cm³/mol. The smallest absolute Gasteiger partial charge is 0.149 e. The molecule has 2 aromatic heterocycles. The molecule has 4 heteroatoms. The van der Waals surface area contributed by atoms with E-state index in [-0.39, 0.29) is 32.8 Å². The van der Waals surface area contributed by atoms with E-state index in [1.54, 1.807) is 0 Å². The van der Waals surface area contributed by atoms with Gasteiger partial charge in [-0.05, 0) is 126 Å². The van der Waals surface area contributed by atoms with Crippen LogP contribution in [-0.4, -0.2) is 19.6 Å². The fraction of sp³-hybridized carbons (Fsp3) is 0.311. The first-order valence-electron chi connectivity index (χ1n) is 23.2. The molecule has 0 saturated carbocycles. The van der Waals surface area contributed by atoms with Gasteiger partial charge in [0.15, 0.2) is 0 Å². The lowest BCUT2D eigenvalue weighted by molar-refractivity contribution is 0.225. The molecule has 8 aromatic rings. The molecule has 65 heavy (non-hydrogen) atoms. The first-order chi connectivity index (χ1) is 30.4. The van der Waals surface area contributed by atoms with Gasteiger partial charge in [0.05, 0.1) is 28.0 Å². The number of hydrogen-bond acceptors (Lipinski definition) is 3. The standard InChI is InChI=1S/C61H67N3O/c1-57(2,3)45-27-29-52(49(37-45)40-19-16-15-17-20-40)64-53-22-18-21-48(55(53)63-56(64)50-38-46(58(4,5)6)28-30-54(50)65)42-33-43(35-47(34-42)59(7,8)9)51-36-41(31-32-62-51)39-23-25-44(26-24-39)61(13,14)60(10,11)12/h15-38,65H,1-14H3. The highest BCUT2D eigenvalue weighted by molar-refractivity contribution is 5.98. The van der Waals surface area contributed by atoms with Gasteiger partial charge in [0.25, 0.3) is 0 Å². The number of fused-ring (bicyclic) bond motifs is 1. The monoisotopic (exact) mass is 858 g/mol. The molecule has 0 aliphatic heterocycles. The number of imidazole rings is 1. The molecule has 0 aliphatic rings. The Morgan fingerprint density at radius 1 is 0.431 bits per heavy atom. The van der Waals surface area contributed by atoms with E-state index in [4.69, 9.17) is 9.97 Å². The van der Waals surface area contributed by atoms with E-state index in [0.29, 0.717) is 11.4 Å². The van der Waals surface area contributed by atoms with Crippen molar-refractivity contribution in [2.24, 2.45) is 5.41 Å². The number of pyridine rings is 1. The molecule has 2 heterocycles. The molecule has 1 N–H and O–H groups in total. The number of para-hydroxylation sites is 1. The predicted octanol–water partition coefficient (Wildman–Crippen LogP) is 16.7. The van der Waals surface area contributed by atoms with Crippen LogP contribution in [0.2, 0.25) is 0 Å². The Balaban J connectivity index is 1.36. The van der Waals surface area contributed by atoms with Gasteiger partial charge in [-0.15, -0.1) is 0 Å². The second-order valence-electron chi connectivity index (χ2n) is 22.7. The van der Waals surface area contributed by atoms with Crippen LogP contribution < -0.4 is 0 Å². The zero-order valence-corrected chi connectivity index (χ0v) is 41.1. The third-order valence-corrected chi connectivity index (χ3v) is 14.0. The molecule has 0 radical (unpaired) electrons. The summed E-state index contributed by atoms with van der Waals surface area (Å²) in [4.78, 5) is 10.6. The van der Waals surface area contributed by atoms with Crippen LogP contribution in [-0.2, 0) is 21.7 Å². The molecule has 6 aromatic carbocycles. The highest BCUT2D eigenvalue weighted by atomic mass is 16.3. The lowest BCUT2D eigenvalue weighted by Gasteiger charge is -2.39. The molecule has 0 spiro atoms. The maximum absolute atomic E-state index is 11.8. The topological polar surface area (TPSA) is 50.9 Å². The summed E-state index contributed by atoms with van der Waals surface area (Å²) in [6.07, 6.45) is 1.93. The molecular weight excluding hydrogens is 791 g/mol. The minimum Gasteiger partial charge on any atom is -0.507 e. The lowest BCUT2D eigenvalue weighted by Crippen LogP contribution is -2.33. The number of hydrogen-bond donors (Lipinski definition) is 1. The Morgan fingerprint density at radius 2 is 1.03 bits per heavy atom. The van der Waals surface area contributed by atoms with Crippen molar-refractivity contribution in [3.8, 4) is 67.5 Å². The van der Waals surface area contributed by atoms with Crippen molar-refractivity contribution in [1.29, 1.82) is 0 Å². The second-order valence-corrected chi connectivity index (χ2v) is 22.7. The molecule has 8 rings (SSSR count). The molecule has 0 bridgehead atoms. The summed E-state index contributed by atoms with van der Waals surface area (Å²) >= 11 is 0. The summed E-state index contributed by atoms with van der Waals surface area (Å²) in [5, 5.41) is 11.8. The summed E-state index contributed by atoms with van der Waals surface area (Å²) < 4.78 is 2.27. The summed E-state index contributed by atoms with van der Waals surface area (Å²) in [5.41, 5.74) is 16.8. The van der Waals surface area contributed by atoms with E-state index in [9.17, 15) is 5.11 Å². The first-order valence-corrected chi connectivity index (χ1v) is 23.2. The van der Waals surface area contributed by atoms with Crippen molar-refractivity contribution >= 4 is 11.0 Å². The van der Waals surface area contributed by atoms with Crippen molar-refractivity contribution in [2.75, 3.05) is 0 Å². The van der Waals surface area contributed by atoms with Gasteiger partial charge in [-0.3, -0.25) is 9.55 Å². The Labute approximate surface area is 388 Å². The summed E-state index contributed by atoms with van der Waals surface area (Å²) in [5.74, 6) is 0.884. The van der Waals surface area contributed by atoms with E-state index >= 15 is 0 Å². The van der Waals surface area contributed by atoms with Crippen LogP contribution >= 0.6 is 0 Å². The third kappa shape index (κ3) is 8.80. The van der Waals surface area contributed by atoms with Gasteiger partial charge in [0, 0.05) is 22.9 Å². The minimum absolute atomic E-state index is 0.0239. The Morgan fingerprint density at radius 3 is 1.66 bits per heavy atom. The number of phenolic OH excluding ortho intramolecular Hbond substituents is 1. The SMILES string of the molecule is CC(C)(C)c1cc(-c2cc(-c3ccc(C(C)(C)C(C)(C)C)cc3)ccn2)cc(-c2cccc3c2nc(-c2cc(C(C)(C)C)ccc2O)n3-c2ccc(C(C)(C)C)cc2-c2ccccc2)c1. The molecule has 0 saturated heterocycles. The maximum atomic E-state index is 11.8. The molecular formula is C61H67N3O. The Bertz CT molecular complexity index is 3030. The van der Waals surface area contributed by atoms with Crippen molar-refractivity contribution in [3.05, 3.63) is 168 Å². The van der Waals surface area contributed by atoms with Crippen LogP contribution in [0.5, 0.6) is 5.75 Å². The van der Waals surface area contributed by atoms with Crippen molar-refractivity contribution < 1.29 is 5.11 Å². The molecule has 0 atom stereocenters. The Hall–Kier alpha value is -6.26. The highest BCUT2D eigenvalue weighted by Crippen LogP contribution is 2.45. The van der Waals surface area contributed by atoms with E-state index in [2.05, 4.69) is 229 Å². The molecule has 0 amide bonds. The van der Waals surface area contributed by atoms with Gasteiger partial charge < -0.3 is 5.11 Å². The van der Waals surface area contributed by atoms with Crippen LogP contribution in [0.25, 0.3) is 72.7 Å². The zero-order chi connectivity index (χ0) is 46.9. The van der Waals surface area contributed by atoms with Gasteiger partial charge in [-0.1, -0.05) is 182 Å². The van der Waals surface area contributed by atoms with Crippen LogP contribution in [0.15, 0.2) is 146 Å². The van der Waals surface area contributed by atoms with Gasteiger partial charge in [-0.25, -0.2) is 4.98 Å². The summed E-state index contributed by atoms with van der Waals surface area (Å²) in [6, 6.07) is 50.2. The van der Waals surface area contributed by atoms with Gasteiger partial charge in [0.2, 0.25) is 0 Å². The van der Waals surface area contributed by atoms with Crippen molar-refractivity contribution in [2.45, 2.75) is 119 Å². The van der Waals surface area contributed by atoms with Crippen molar-refractivity contribution in [3.63, 3.8) is 0 Å². The van der Waals surface area contributed by atoms with Crippen LogP contribution in [0, 0.1) is 5.41 Å². The number of benzene rings is 6. The minimum atomic E-state index is -0.144. The Kier molecular flexibility index (Phi) is 11.4. The highest BCUT2D eigenvalue weighted by Gasteiger charge is 2.34. The lowest BCUT2D eigenvalue weighted by atomic mass is 9.65. The van der Waals surface area contributed by atoms with E-state index in [0.717, 1.165) is 61.4 Å². The zero-order valence-electron chi connectivity index (χ0n) is 41.1. The number of nitrogens with zero attached hydrogens (tertiary/aromatic N) is 3. The van der Waals surface area contributed by atoms with Crippen LogP contribution in [0.3, 0.4) is 0 Å². The fourth-order valence-electron chi connectivity index (χ4n) is 8.63. The van der Waals surface area contributed by atoms with Crippen LogP contribution in [0.4, 0.5) is 0 Å². The van der Waals surface area contributed by atoms with Gasteiger partial charge >= 0.3 is 0 Å². The number of rotatable bonds is 7. The number of aromatic hydroxyl groups is 1. The van der Waals surface area contributed by atoms with E-state index < -0.39 is 0 Å². The van der Waals surface area contributed by atoms with Crippen LogP contribution in [0.1, 0.15) is 119 Å². The number of aromatic nitrogens is 3. The second kappa shape index (κ2) is 16.3. The van der Waals surface area contributed by atoms with E-state index in [1.807, 2.05) is 18.3 Å². The largest absolute Gasteiger partial charge is 0.507 e. The van der Waals surface area contributed by atoms with Crippen molar-refractivity contribution in [1.82, 2.24) is 14.5 Å². The number of phenols is 1. The first kappa shape index (κ1) is 45.3. The maximum Gasteiger partial charge on any atom is 0.149 e. The molecule has 4 nitrogen and oxygen atoms in total.